The first-order valence-electron chi connectivity index (χ1n) is 8.14. The highest BCUT2D eigenvalue weighted by Crippen LogP contribution is 2.42. The highest BCUT2D eigenvalue weighted by Gasteiger charge is 2.33. The van der Waals surface area contributed by atoms with E-state index >= 15 is 0 Å². The van der Waals surface area contributed by atoms with Crippen LogP contribution in [0.4, 0.5) is 4.39 Å². The molecule has 1 fully saturated rings. The van der Waals surface area contributed by atoms with E-state index in [0.29, 0.717) is 33.9 Å². The molecule has 2 aromatic carbocycles. The molecule has 0 saturated heterocycles. The van der Waals surface area contributed by atoms with Crippen LogP contribution in [0.2, 0.25) is 5.02 Å². The second-order valence-corrected chi connectivity index (χ2v) is 6.75. The van der Waals surface area contributed by atoms with E-state index in [1.807, 2.05) is 18.2 Å². The monoisotopic (exact) mass is 355 g/mol. The van der Waals surface area contributed by atoms with Gasteiger partial charge in [-0.05, 0) is 60.7 Å². The van der Waals surface area contributed by atoms with Gasteiger partial charge in [-0.3, -0.25) is 4.79 Å². The Balaban J connectivity index is 1.71. The van der Waals surface area contributed by atoms with Gasteiger partial charge >= 0.3 is 0 Å². The number of hydrogen-bond donors (Lipinski definition) is 0. The predicted molar refractivity (Wildman–Crippen MR) is 92.6 cm³/mol. The summed E-state index contributed by atoms with van der Waals surface area (Å²) in [7, 11) is 0. The van der Waals surface area contributed by atoms with Crippen LogP contribution < -0.4 is 0 Å². The highest BCUT2D eigenvalue weighted by atomic mass is 35.5. The minimum atomic E-state index is -0.374. The van der Waals surface area contributed by atoms with Crippen molar-refractivity contribution in [3.05, 3.63) is 87.5 Å². The summed E-state index contributed by atoms with van der Waals surface area (Å²) in [6, 6.07) is 11.6. The molecule has 0 radical (unpaired) electrons. The van der Waals surface area contributed by atoms with Crippen LogP contribution in [0.25, 0.3) is 0 Å². The summed E-state index contributed by atoms with van der Waals surface area (Å²) in [6.07, 6.45) is 3.90. The highest BCUT2D eigenvalue weighted by molar-refractivity contribution is 6.30. The van der Waals surface area contributed by atoms with E-state index in [4.69, 9.17) is 16.1 Å². The number of nitrogens with zero attached hydrogens (tertiary/aromatic N) is 1. The molecule has 1 heterocycles. The van der Waals surface area contributed by atoms with Crippen molar-refractivity contribution in [1.29, 1.82) is 0 Å². The van der Waals surface area contributed by atoms with Crippen molar-refractivity contribution in [2.75, 3.05) is 0 Å². The normalized spacial score (nSPS) is 13.8. The van der Waals surface area contributed by atoms with E-state index in [2.05, 4.69) is 5.16 Å². The smallest absolute Gasteiger partial charge is 0.198 e. The number of hydrogen-bond acceptors (Lipinski definition) is 3. The molecule has 0 amide bonds. The number of rotatable bonds is 5. The zero-order chi connectivity index (χ0) is 17.4. The summed E-state index contributed by atoms with van der Waals surface area (Å²) in [5.74, 6) is 0.364. The van der Waals surface area contributed by atoms with Gasteiger partial charge in [0.2, 0.25) is 0 Å². The van der Waals surface area contributed by atoms with Crippen molar-refractivity contribution in [3.63, 3.8) is 0 Å². The topological polar surface area (TPSA) is 43.1 Å². The standard InChI is InChI=1S/C20H15ClFNO2/c21-15-3-1-2-12(9-15)8-14-10-16(22)6-7-17(14)19(24)18-11-23-25-20(18)13-4-5-13/h1-3,6-7,9-11,13H,4-5,8H2. The van der Waals surface area contributed by atoms with Gasteiger partial charge in [-0.2, -0.15) is 0 Å². The Morgan fingerprint density at radius 2 is 2.04 bits per heavy atom. The molecule has 4 rings (SSSR count). The second kappa shape index (κ2) is 6.45. The first-order chi connectivity index (χ1) is 12.1. The number of aromatic nitrogens is 1. The molecule has 0 spiro atoms. The zero-order valence-electron chi connectivity index (χ0n) is 13.3. The largest absolute Gasteiger partial charge is 0.360 e. The first kappa shape index (κ1) is 16.0. The average molecular weight is 356 g/mol. The molecule has 1 aliphatic carbocycles. The lowest BCUT2D eigenvalue weighted by Gasteiger charge is -2.09. The number of carbonyl (C=O) groups excluding carboxylic acids is 1. The lowest BCUT2D eigenvalue weighted by Crippen LogP contribution is -2.08. The molecule has 0 unspecified atom stereocenters. The Labute approximate surface area is 149 Å². The summed E-state index contributed by atoms with van der Waals surface area (Å²) < 4.78 is 19.1. The third-order valence-corrected chi connectivity index (χ3v) is 4.62. The summed E-state index contributed by atoms with van der Waals surface area (Å²) in [6.45, 7) is 0. The van der Waals surface area contributed by atoms with Gasteiger partial charge in [0.25, 0.3) is 0 Å². The Bertz CT molecular complexity index is 946. The molecule has 1 aromatic heterocycles. The minimum Gasteiger partial charge on any atom is -0.360 e. The van der Waals surface area contributed by atoms with Crippen LogP contribution in [0.15, 0.2) is 53.2 Å². The molecule has 0 aliphatic heterocycles. The van der Waals surface area contributed by atoms with Gasteiger partial charge < -0.3 is 4.52 Å². The third kappa shape index (κ3) is 3.35. The fourth-order valence-electron chi connectivity index (χ4n) is 3.00. The van der Waals surface area contributed by atoms with Crippen LogP contribution >= 0.6 is 11.6 Å². The molecule has 25 heavy (non-hydrogen) atoms. The summed E-state index contributed by atoms with van der Waals surface area (Å²) in [5.41, 5.74) is 2.48. The van der Waals surface area contributed by atoms with Crippen LogP contribution in [0, 0.1) is 5.82 Å². The average Bonchev–Trinajstić information content (AvgIpc) is 3.31. The molecule has 3 aromatic rings. The number of ketones is 1. The number of benzene rings is 2. The summed E-state index contributed by atoms with van der Waals surface area (Å²) in [4.78, 5) is 13.0. The van der Waals surface area contributed by atoms with Crippen LogP contribution in [-0.4, -0.2) is 10.9 Å². The maximum atomic E-state index is 13.8. The van der Waals surface area contributed by atoms with Crippen molar-refractivity contribution < 1.29 is 13.7 Å². The SMILES string of the molecule is O=C(c1ccc(F)cc1Cc1cccc(Cl)c1)c1cnoc1C1CC1. The number of halogens is 2. The van der Waals surface area contributed by atoms with Gasteiger partial charge in [-0.25, -0.2) is 4.39 Å². The second-order valence-electron chi connectivity index (χ2n) is 6.32. The van der Waals surface area contributed by atoms with E-state index in [1.54, 1.807) is 6.07 Å². The fraction of sp³-hybridized carbons (Fsp3) is 0.200. The molecular weight excluding hydrogens is 341 g/mol. The van der Waals surface area contributed by atoms with Crippen molar-refractivity contribution in [3.8, 4) is 0 Å². The number of carbonyl (C=O) groups is 1. The Hall–Kier alpha value is -2.46. The Morgan fingerprint density at radius 3 is 2.80 bits per heavy atom. The van der Waals surface area contributed by atoms with Gasteiger partial charge in [0.15, 0.2) is 11.5 Å². The van der Waals surface area contributed by atoms with Crippen LogP contribution in [0.3, 0.4) is 0 Å². The van der Waals surface area contributed by atoms with Crippen molar-refractivity contribution in [2.45, 2.75) is 25.2 Å². The molecule has 1 aliphatic rings. The fourth-order valence-corrected chi connectivity index (χ4v) is 3.21. The lowest BCUT2D eigenvalue weighted by molar-refractivity contribution is 0.103. The molecule has 1 saturated carbocycles. The first-order valence-corrected chi connectivity index (χ1v) is 8.52. The van der Waals surface area contributed by atoms with E-state index in [0.717, 1.165) is 18.4 Å². The Morgan fingerprint density at radius 1 is 1.20 bits per heavy atom. The van der Waals surface area contributed by atoms with E-state index in [9.17, 15) is 9.18 Å². The van der Waals surface area contributed by atoms with Gasteiger partial charge in [0.1, 0.15) is 5.82 Å². The van der Waals surface area contributed by atoms with Crippen LogP contribution in [-0.2, 0) is 6.42 Å². The third-order valence-electron chi connectivity index (χ3n) is 4.39. The molecule has 5 heteroatoms. The van der Waals surface area contributed by atoms with E-state index < -0.39 is 0 Å². The maximum absolute atomic E-state index is 13.8. The van der Waals surface area contributed by atoms with Gasteiger partial charge in [0.05, 0.1) is 11.8 Å². The molecule has 126 valence electrons. The molecule has 0 N–H and O–H groups in total. The van der Waals surface area contributed by atoms with Gasteiger partial charge in [-0.15, -0.1) is 0 Å². The Kier molecular flexibility index (Phi) is 4.14. The quantitative estimate of drug-likeness (QED) is 0.593. The van der Waals surface area contributed by atoms with Gasteiger partial charge in [0, 0.05) is 16.5 Å². The van der Waals surface area contributed by atoms with Crippen molar-refractivity contribution in [1.82, 2.24) is 5.16 Å². The van der Waals surface area contributed by atoms with E-state index in [1.165, 1.54) is 24.4 Å². The van der Waals surface area contributed by atoms with Crippen molar-refractivity contribution >= 4 is 17.4 Å². The molecule has 0 bridgehead atoms. The molecular formula is C20H15ClFNO2. The molecule has 3 nitrogen and oxygen atoms in total. The predicted octanol–water partition coefficient (Wildman–Crippen LogP) is 5.17. The lowest BCUT2D eigenvalue weighted by atomic mass is 9.94. The summed E-state index contributed by atoms with van der Waals surface area (Å²) in [5, 5.41) is 4.39. The summed E-state index contributed by atoms with van der Waals surface area (Å²) >= 11 is 6.03. The zero-order valence-corrected chi connectivity index (χ0v) is 14.1. The maximum Gasteiger partial charge on any atom is 0.198 e. The van der Waals surface area contributed by atoms with Crippen molar-refractivity contribution in [2.24, 2.45) is 0 Å². The van der Waals surface area contributed by atoms with Gasteiger partial charge in [-0.1, -0.05) is 28.9 Å². The minimum absolute atomic E-state index is 0.180. The van der Waals surface area contributed by atoms with E-state index in [-0.39, 0.29) is 17.5 Å². The van der Waals surface area contributed by atoms with Crippen LogP contribution in [0.5, 0.6) is 0 Å². The van der Waals surface area contributed by atoms with Crippen LogP contribution in [0.1, 0.15) is 51.6 Å². The molecule has 0 atom stereocenters.